The van der Waals surface area contributed by atoms with Gasteiger partial charge in [-0.3, -0.25) is 4.79 Å². The lowest BCUT2D eigenvalue weighted by atomic mass is 10.1. The molecule has 21 heavy (non-hydrogen) atoms. The molecule has 0 bridgehead atoms. The van der Waals surface area contributed by atoms with Gasteiger partial charge in [-0.15, -0.1) is 0 Å². The Morgan fingerprint density at radius 3 is 2.19 bits per heavy atom. The number of benzene rings is 1. The molecule has 1 aromatic rings. The van der Waals surface area contributed by atoms with E-state index in [0.717, 1.165) is 6.07 Å². The maximum atomic E-state index is 12.6. The Morgan fingerprint density at radius 1 is 1.29 bits per heavy atom. The highest BCUT2D eigenvalue weighted by Gasteiger charge is 2.28. The Labute approximate surface area is 139 Å². The normalized spacial score (nSPS) is 11.8. The number of hydrogen-bond acceptors (Lipinski definition) is 3. The third kappa shape index (κ3) is 3.81. The van der Waals surface area contributed by atoms with Gasteiger partial charge < -0.3 is 4.90 Å². The molecule has 0 saturated heterocycles. The zero-order chi connectivity index (χ0) is 16.5. The molecule has 1 rings (SSSR count). The monoisotopic (exact) mass is 372 g/mol. The number of nitrogens with two attached hydrogens (primary N) is 1. The second kappa shape index (κ2) is 6.71. The van der Waals surface area contributed by atoms with Gasteiger partial charge in [0, 0.05) is 12.6 Å². The van der Waals surface area contributed by atoms with Crippen molar-refractivity contribution in [2.75, 3.05) is 6.54 Å². The molecular weight excluding hydrogens is 359 g/mol. The average molecular weight is 374 g/mol. The van der Waals surface area contributed by atoms with Crippen molar-refractivity contribution in [3.8, 4) is 0 Å². The third-order valence-electron chi connectivity index (χ3n) is 2.87. The standard InChI is InChI=1S/C12H15Cl3N2O3S/c1-4-17(6(2)3)12(18)9-10(14)7(13)5-8(11(9)15)21(16,19)20/h5-6H,4H2,1-3H3,(H2,16,19,20). The van der Waals surface area contributed by atoms with Gasteiger partial charge in [0.1, 0.15) is 4.90 Å². The van der Waals surface area contributed by atoms with Gasteiger partial charge in [0.05, 0.1) is 20.6 Å². The van der Waals surface area contributed by atoms with Crippen LogP contribution in [0, 0.1) is 0 Å². The van der Waals surface area contributed by atoms with Crippen molar-refractivity contribution in [3.05, 3.63) is 26.7 Å². The van der Waals surface area contributed by atoms with Gasteiger partial charge in [-0.1, -0.05) is 34.8 Å². The van der Waals surface area contributed by atoms with Crippen LogP contribution in [0.15, 0.2) is 11.0 Å². The summed E-state index contributed by atoms with van der Waals surface area (Å²) in [6, 6.07) is 0.913. The first kappa shape index (κ1) is 18.5. The molecule has 0 aromatic heterocycles. The van der Waals surface area contributed by atoms with Crippen molar-refractivity contribution < 1.29 is 13.2 Å². The Morgan fingerprint density at radius 2 is 1.81 bits per heavy atom. The van der Waals surface area contributed by atoms with Gasteiger partial charge in [0.2, 0.25) is 10.0 Å². The molecule has 0 spiro atoms. The van der Waals surface area contributed by atoms with Crippen LogP contribution in [0.1, 0.15) is 31.1 Å². The van der Waals surface area contributed by atoms with Crippen LogP contribution in [0.25, 0.3) is 0 Å². The third-order valence-corrected chi connectivity index (χ3v) is 5.10. The molecule has 0 saturated carbocycles. The van der Waals surface area contributed by atoms with Crippen LogP contribution in [0.2, 0.25) is 15.1 Å². The van der Waals surface area contributed by atoms with Crippen molar-refractivity contribution in [3.63, 3.8) is 0 Å². The van der Waals surface area contributed by atoms with E-state index in [-0.39, 0.29) is 26.7 Å². The maximum absolute atomic E-state index is 12.6. The van der Waals surface area contributed by atoms with Crippen LogP contribution < -0.4 is 5.14 Å². The molecule has 0 aliphatic rings. The SMILES string of the molecule is CCN(C(=O)c1c(Cl)c(Cl)cc(S(N)(=O)=O)c1Cl)C(C)C. The van der Waals surface area contributed by atoms with Crippen molar-refractivity contribution in [2.24, 2.45) is 5.14 Å². The van der Waals surface area contributed by atoms with Crippen LogP contribution in [0.4, 0.5) is 0 Å². The van der Waals surface area contributed by atoms with E-state index in [1.165, 1.54) is 4.90 Å². The fourth-order valence-electron chi connectivity index (χ4n) is 1.86. The summed E-state index contributed by atoms with van der Waals surface area (Å²) >= 11 is 17.9. The number of nitrogens with zero attached hydrogens (tertiary/aromatic N) is 1. The first-order valence-corrected chi connectivity index (χ1v) is 8.71. The Hall–Kier alpha value is -0.530. The molecule has 1 amide bonds. The average Bonchev–Trinajstić information content (AvgIpc) is 2.33. The van der Waals surface area contributed by atoms with Crippen molar-refractivity contribution in [1.29, 1.82) is 0 Å². The molecule has 0 unspecified atom stereocenters. The van der Waals surface area contributed by atoms with Crippen LogP contribution in [-0.2, 0) is 10.0 Å². The molecule has 0 aliphatic carbocycles. The number of hydrogen-bond donors (Lipinski definition) is 1. The van der Waals surface area contributed by atoms with Crippen LogP contribution in [-0.4, -0.2) is 31.8 Å². The number of rotatable bonds is 4. The van der Waals surface area contributed by atoms with Gasteiger partial charge in [0.15, 0.2) is 0 Å². The van der Waals surface area contributed by atoms with Crippen molar-refractivity contribution in [1.82, 2.24) is 4.90 Å². The molecule has 0 radical (unpaired) electrons. The summed E-state index contributed by atoms with van der Waals surface area (Å²) in [5.41, 5.74) is -0.162. The van der Waals surface area contributed by atoms with Gasteiger partial charge in [-0.25, -0.2) is 13.6 Å². The molecule has 0 heterocycles. The van der Waals surface area contributed by atoms with Gasteiger partial charge in [-0.05, 0) is 26.8 Å². The minimum Gasteiger partial charge on any atom is -0.336 e. The Balaban J connectivity index is 3.63. The molecule has 118 valence electrons. The fourth-order valence-corrected chi connectivity index (χ4v) is 3.60. The molecule has 9 heteroatoms. The van der Waals surface area contributed by atoms with E-state index in [4.69, 9.17) is 39.9 Å². The van der Waals surface area contributed by atoms with E-state index < -0.39 is 20.8 Å². The van der Waals surface area contributed by atoms with E-state index >= 15 is 0 Å². The predicted molar refractivity (Wildman–Crippen MR) is 84.7 cm³/mol. The summed E-state index contributed by atoms with van der Waals surface area (Å²) in [7, 11) is -4.13. The molecule has 0 fully saturated rings. The minimum absolute atomic E-state index is 0.0989. The summed E-state index contributed by atoms with van der Waals surface area (Å²) in [4.78, 5) is 13.6. The van der Waals surface area contributed by atoms with E-state index in [1.54, 1.807) is 6.92 Å². The van der Waals surface area contributed by atoms with E-state index in [1.807, 2.05) is 13.8 Å². The van der Waals surface area contributed by atoms with Gasteiger partial charge in [0.25, 0.3) is 5.91 Å². The van der Waals surface area contributed by atoms with Crippen molar-refractivity contribution >= 4 is 50.7 Å². The smallest absolute Gasteiger partial charge is 0.257 e. The lowest BCUT2D eigenvalue weighted by molar-refractivity contribution is 0.0717. The minimum atomic E-state index is -4.13. The zero-order valence-electron chi connectivity index (χ0n) is 11.7. The van der Waals surface area contributed by atoms with Crippen LogP contribution in [0.5, 0.6) is 0 Å². The number of carbonyl (C=O) groups is 1. The number of primary sulfonamides is 1. The number of amides is 1. The largest absolute Gasteiger partial charge is 0.336 e. The summed E-state index contributed by atoms with van der Waals surface area (Å²) in [5.74, 6) is -0.505. The molecule has 5 nitrogen and oxygen atoms in total. The summed E-state index contributed by atoms with van der Waals surface area (Å²) < 4.78 is 23.1. The first-order chi connectivity index (χ1) is 9.52. The molecule has 1 aromatic carbocycles. The zero-order valence-corrected chi connectivity index (χ0v) is 14.7. The number of sulfonamides is 1. The molecule has 0 atom stereocenters. The quantitative estimate of drug-likeness (QED) is 0.823. The molecular formula is C12H15Cl3N2O3S. The van der Waals surface area contributed by atoms with Crippen LogP contribution >= 0.6 is 34.8 Å². The second-order valence-corrected chi connectivity index (χ2v) is 7.28. The van der Waals surface area contributed by atoms with Gasteiger partial charge in [-0.2, -0.15) is 0 Å². The highest BCUT2D eigenvalue weighted by atomic mass is 35.5. The lowest BCUT2D eigenvalue weighted by Crippen LogP contribution is -2.37. The highest BCUT2D eigenvalue weighted by molar-refractivity contribution is 7.89. The van der Waals surface area contributed by atoms with E-state index in [2.05, 4.69) is 0 Å². The van der Waals surface area contributed by atoms with E-state index in [9.17, 15) is 13.2 Å². The summed E-state index contributed by atoms with van der Waals surface area (Å²) in [6.07, 6.45) is 0. The maximum Gasteiger partial charge on any atom is 0.257 e. The first-order valence-electron chi connectivity index (χ1n) is 6.03. The summed E-state index contributed by atoms with van der Waals surface area (Å²) in [5, 5.41) is 4.55. The summed E-state index contributed by atoms with van der Waals surface area (Å²) in [6.45, 7) is 5.81. The number of halogens is 3. The van der Waals surface area contributed by atoms with Gasteiger partial charge >= 0.3 is 0 Å². The molecule has 2 N–H and O–H groups in total. The Kier molecular flexibility index (Phi) is 5.91. The lowest BCUT2D eigenvalue weighted by Gasteiger charge is -2.26. The topological polar surface area (TPSA) is 80.5 Å². The fraction of sp³-hybridized carbons (Fsp3) is 0.417. The second-order valence-electron chi connectivity index (χ2n) is 4.59. The molecule has 0 aliphatic heterocycles. The predicted octanol–water partition coefficient (Wildman–Crippen LogP) is 3.16. The Bertz CT molecular complexity index is 675. The highest BCUT2D eigenvalue weighted by Crippen LogP contribution is 2.37. The van der Waals surface area contributed by atoms with Crippen molar-refractivity contribution in [2.45, 2.75) is 31.7 Å². The van der Waals surface area contributed by atoms with E-state index in [0.29, 0.717) is 6.54 Å². The number of carbonyl (C=O) groups excluding carboxylic acids is 1. The van der Waals surface area contributed by atoms with Crippen LogP contribution in [0.3, 0.4) is 0 Å².